The number of aliphatic hydroxyl groups is 1. The molecule has 2 amide bonds. The van der Waals surface area contributed by atoms with Gasteiger partial charge in [0, 0.05) is 6.54 Å². The highest BCUT2D eigenvalue weighted by Crippen LogP contribution is 2.39. The van der Waals surface area contributed by atoms with Gasteiger partial charge >= 0.3 is 6.03 Å². The molecule has 0 heterocycles. The number of benzene rings is 1. The van der Waals surface area contributed by atoms with Crippen LogP contribution in [0.15, 0.2) is 24.3 Å². The third-order valence-electron chi connectivity index (χ3n) is 4.75. The Morgan fingerprint density at radius 2 is 1.96 bits per heavy atom. The van der Waals surface area contributed by atoms with Crippen LogP contribution in [-0.2, 0) is 0 Å². The molecule has 0 saturated heterocycles. The summed E-state index contributed by atoms with van der Waals surface area (Å²) in [7, 11) is 4.01. The maximum Gasteiger partial charge on any atom is 0.315 e. The van der Waals surface area contributed by atoms with Gasteiger partial charge in [0.15, 0.2) is 0 Å². The Balaban J connectivity index is 1.93. The van der Waals surface area contributed by atoms with Crippen LogP contribution in [0.5, 0.6) is 0 Å². The molecule has 5 nitrogen and oxygen atoms in total. The minimum atomic E-state index is -0.512. The van der Waals surface area contributed by atoms with Gasteiger partial charge in [0.1, 0.15) is 0 Å². The second-order valence-corrected chi connectivity index (χ2v) is 7.07. The standard InChI is InChI=1S/C18H29N3O2/c1-13-5-7-14(8-6-13)16(21(3)4)11-19-17(23)20-18(2,12-22)15-9-10-15/h5-8,15-16,22H,9-12H2,1-4H3,(H2,19,20,23). The first-order valence-corrected chi connectivity index (χ1v) is 8.25. The summed E-state index contributed by atoms with van der Waals surface area (Å²) < 4.78 is 0. The number of carbonyl (C=O) groups excluding carboxylic acids is 1. The van der Waals surface area contributed by atoms with E-state index in [1.54, 1.807) is 0 Å². The predicted octanol–water partition coefficient (Wildman–Crippen LogP) is 2.06. The van der Waals surface area contributed by atoms with Gasteiger partial charge < -0.3 is 20.6 Å². The van der Waals surface area contributed by atoms with E-state index in [1.165, 1.54) is 11.1 Å². The molecule has 1 aliphatic carbocycles. The summed E-state index contributed by atoms with van der Waals surface area (Å²) in [5.41, 5.74) is 1.88. The van der Waals surface area contributed by atoms with Crippen LogP contribution in [0.1, 0.15) is 36.9 Å². The molecule has 0 spiro atoms. The van der Waals surface area contributed by atoms with Crippen LogP contribution >= 0.6 is 0 Å². The van der Waals surface area contributed by atoms with Gasteiger partial charge in [-0.3, -0.25) is 0 Å². The number of aryl methyl sites for hydroxylation is 1. The molecule has 5 heteroatoms. The maximum absolute atomic E-state index is 12.2. The molecule has 1 saturated carbocycles. The smallest absolute Gasteiger partial charge is 0.315 e. The minimum Gasteiger partial charge on any atom is -0.394 e. The van der Waals surface area contributed by atoms with Crippen molar-refractivity contribution < 1.29 is 9.90 Å². The third-order valence-corrected chi connectivity index (χ3v) is 4.75. The van der Waals surface area contributed by atoms with Gasteiger partial charge in [-0.2, -0.15) is 0 Å². The zero-order valence-corrected chi connectivity index (χ0v) is 14.6. The second kappa shape index (κ2) is 7.32. The van der Waals surface area contributed by atoms with Crippen molar-refractivity contribution in [3.05, 3.63) is 35.4 Å². The molecule has 1 aromatic carbocycles. The fourth-order valence-corrected chi connectivity index (χ4v) is 2.87. The van der Waals surface area contributed by atoms with Gasteiger partial charge in [-0.25, -0.2) is 4.79 Å². The molecule has 0 aliphatic heterocycles. The Bertz CT molecular complexity index is 526. The van der Waals surface area contributed by atoms with Crippen molar-refractivity contribution in [1.82, 2.24) is 15.5 Å². The van der Waals surface area contributed by atoms with Crippen LogP contribution < -0.4 is 10.6 Å². The molecular weight excluding hydrogens is 290 g/mol. The van der Waals surface area contributed by atoms with Crippen LogP contribution in [0.4, 0.5) is 4.79 Å². The topological polar surface area (TPSA) is 64.6 Å². The summed E-state index contributed by atoms with van der Waals surface area (Å²) in [5.74, 6) is 0.389. The number of likely N-dealkylation sites (N-methyl/N-ethyl adjacent to an activating group) is 1. The van der Waals surface area contributed by atoms with Crippen molar-refractivity contribution in [2.75, 3.05) is 27.2 Å². The predicted molar refractivity (Wildman–Crippen MR) is 92.4 cm³/mol. The Morgan fingerprint density at radius 1 is 1.35 bits per heavy atom. The lowest BCUT2D eigenvalue weighted by molar-refractivity contribution is 0.154. The summed E-state index contributed by atoms with van der Waals surface area (Å²) in [5, 5.41) is 15.5. The molecule has 23 heavy (non-hydrogen) atoms. The molecule has 2 unspecified atom stereocenters. The quantitative estimate of drug-likeness (QED) is 0.721. The number of hydrogen-bond donors (Lipinski definition) is 3. The van der Waals surface area contributed by atoms with Gasteiger partial charge in [-0.15, -0.1) is 0 Å². The number of rotatable bonds is 7. The molecule has 1 aromatic rings. The summed E-state index contributed by atoms with van der Waals surface area (Å²) in [6.45, 7) is 4.47. The van der Waals surface area contributed by atoms with Crippen molar-refractivity contribution in [3.63, 3.8) is 0 Å². The fraction of sp³-hybridized carbons (Fsp3) is 0.611. The molecule has 1 fully saturated rings. The van der Waals surface area contributed by atoms with E-state index in [0.717, 1.165) is 12.8 Å². The van der Waals surface area contributed by atoms with Gasteiger partial charge in [0.05, 0.1) is 18.2 Å². The van der Waals surface area contributed by atoms with Crippen molar-refractivity contribution in [2.24, 2.45) is 5.92 Å². The van der Waals surface area contributed by atoms with Crippen molar-refractivity contribution >= 4 is 6.03 Å². The Hall–Kier alpha value is -1.59. The molecule has 0 radical (unpaired) electrons. The number of nitrogens with one attached hydrogen (secondary N) is 2. The van der Waals surface area contributed by atoms with Crippen LogP contribution in [0, 0.1) is 12.8 Å². The van der Waals surface area contributed by atoms with Crippen LogP contribution in [-0.4, -0.2) is 48.8 Å². The summed E-state index contributed by atoms with van der Waals surface area (Å²) in [6, 6.07) is 8.27. The average molecular weight is 319 g/mol. The van der Waals surface area contributed by atoms with Gasteiger partial charge in [0.2, 0.25) is 0 Å². The number of nitrogens with zero attached hydrogens (tertiary/aromatic N) is 1. The number of amides is 2. The zero-order valence-electron chi connectivity index (χ0n) is 14.6. The maximum atomic E-state index is 12.2. The molecule has 3 N–H and O–H groups in total. The zero-order chi connectivity index (χ0) is 17.0. The molecule has 0 aromatic heterocycles. The lowest BCUT2D eigenvalue weighted by Crippen LogP contribution is -2.54. The first-order chi connectivity index (χ1) is 10.9. The van der Waals surface area contributed by atoms with Crippen molar-refractivity contribution in [3.8, 4) is 0 Å². The van der Waals surface area contributed by atoms with E-state index < -0.39 is 5.54 Å². The fourth-order valence-electron chi connectivity index (χ4n) is 2.87. The van der Waals surface area contributed by atoms with Gasteiger partial charge in [-0.05, 0) is 52.3 Å². The van der Waals surface area contributed by atoms with Crippen molar-refractivity contribution in [1.29, 1.82) is 0 Å². The summed E-state index contributed by atoms with van der Waals surface area (Å²) >= 11 is 0. The van der Waals surface area contributed by atoms with Crippen LogP contribution in [0.3, 0.4) is 0 Å². The Labute approximate surface area is 139 Å². The number of hydrogen-bond acceptors (Lipinski definition) is 3. The monoisotopic (exact) mass is 319 g/mol. The molecule has 2 atom stereocenters. The summed E-state index contributed by atoms with van der Waals surface area (Å²) in [4.78, 5) is 14.3. The van der Waals surface area contributed by atoms with E-state index in [4.69, 9.17) is 0 Å². The SMILES string of the molecule is Cc1ccc(C(CNC(=O)NC(C)(CO)C2CC2)N(C)C)cc1. The van der Waals surface area contributed by atoms with E-state index in [1.807, 2.05) is 21.0 Å². The van der Waals surface area contributed by atoms with E-state index >= 15 is 0 Å². The molecule has 2 rings (SSSR count). The molecule has 1 aliphatic rings. The van der Waals surface area contributed by atoms with Crippen LogP contribution in [0.2, 0.25) is 0 Å². The highest BCUT2D eigenvalue weighted by atomic mass is 16.3. The number of urea groups is 1. The number of aliphatic hydroxyl groups excluding tert-OH is 1. The first kappa shape index (κ1) is 17.8. The lowest BCUT2D eigenvalue weighted by Gasteiger charge is -2.30. The third kappa shape index (κ3) is 4.69. The molecular formula is C18H29N3O2. The average Bonchev–Trinajstić information content (AvgIpc) is 3.34. The van der Waals surface area contributed by atoms with Crippen molar-refractivity contribution in [2.45, 2.75) is 38.3 Å². The van der Waals surface area contributed by atoms with Crippen LogP contribution in [0.25, 0.3) is 0 Å². The van der Waals surface area contributed by atoms with E-state index in [9.17, 15) is 9.90 Å². The van der Waals surface area contributed by atoms with E-state index in [2.05, 4.69) is 46.7 Å². The van der Waals surface area contributed by atoms with Gasteiger partial charge in [0.25, 0.3) is 0 Å². The second-order valence-electron chi connectivity index (χ2n) is 7.07. The number of carbonyl (C=O) groups is 1. The van der Waals surface area contributed by atoms with Gasteiger partial charge in [-0.1, -0.05) is 29.8 Å². The largest absolute Gasteiger partial charge is 0.394 e. The first-order valence-electron chi connectivity index (χ1n) is 8.25. The van der Waals surface area contributed by atoms with E-state index in [0.29, 0.717) is 12.5 Å². The minimum absolute atomic E-state index is 0.0276. The molecule has 128 valence electrons. The normalized spacial score (nSPS) is 18.3. The summed E-state index contributed by atoms with van der Waals surface area (Å²) in [6.07, 6.45) is 2.14. The molecule has 0 bridgehead atoms. The highest BCUT2D eigenvalue weighted by molar-refractivity contribution is 5.75. The Kier molecular flexibility index (Phi) is 5.65. The lowest BCUT2D eigenvalue weighted by atomic mass is 9.97. The Morgan fingerprint density at radius 3 is 2.43 bits per heavy atom. The highest BCUT2D eigenvalue weighted by Gasteiger charge is 2.42. The van der Waals surface area contributed by atoms with E-state index in [-0.39, 0.29) is 18.7 Å².